The fourth-order valence-corrected chi connectivity index (χ4v) is 7.42. The Hall–Kier alpha value is -4.76. The summed E-state index contributed by atoms with van der Waals surface area (Å²) in [6, 6.07) is 17.8. The van der Waals surface area contributed by atoms with Crippen LogP contribution in [-0.4, -0.2) is 56.0 Å². The highest BCUT2D eigenvalue weighted by Crippen LogP contribution is 2.38. The SMILES string of the molecule is CC(C)(C)N1CCC(n2cc(C(Nc3cc(Cl)c4ncc(C#N)c(Nc5ccc(F)c(Cl)c5)c4c3)c3cccc(N4CCCC4=O)c3)nn2)CC1. The molecule has 2 N–H and O–H groups in total. The summed E-state index contributed by atoms with van der Waals surface area (Å²) in [5.41, 5.74) is 4.88. The van der Waals surface area contributed by atoms with E-state index < -0.39 is 11.9 Å². The Kier molecular flexibility index (Phi) is 9.59. The molecule has 0 aliphatic carbocycles. The van der Waals surface area contributed by atoms with Crippen LogP contribution in [0, 0.1) is 17.1 Å². The molecule has 1 unspecified atom stereocenters. The van der Waals surface area contributed by atoms with Gasteiger partial charge in [0.1, 0.15) is 17.6 Å². The van der Waals surface area contributed by atoms with Gasteiger partial charge in [0.25, 0.3) is 0 Å². The second kappa shape index (κ2) is 14.1. The molecule has 0 radical (unpaired) electrons. The molecule has 3 aromatic carbocycles. The first-order chi connectivity index (χ1) is 24.5. The molecule has 2 fully saturated rings. The first kappa shape index (κ1) is 34.7. The number of nitriles is 1. The quantitative estimate of drug-likeness (QED) is 0.163. The molecule has 5 aromatic rings. The van der Waals surface area contributed by atoms with Gasteiger partial charge in [-0.3, -0.25) is 14.7 Å². The summed E-state index contributed by atoms with van der Waals surface area (Å²) in [6.45, 7) is 9.36. The van der Waals surface area contributed by atoms with Crippen molar-refractivity contribution in [2.45, 2.75) is 64.1 Å². The number of rotatable bonds is 8. The van der Waals surface area contributed by atoms with Gasteiger partial charge in [-0.2, -0.15) is 5.26 Å². The number of nitrogens with one attached hydrogen (secondary N) is 2. The minimum atomic E-state index is -0.548. The average molecular weight is 727 g/mol. The van der Waals surface area contributed by atoms with Gasteiger partial charge in [-0.25, -0.2) is 9.07 Å². The summed E-state index contributed by atoms with van der Waals surface area (Å²) in [5, 5.41) is 27.1. The number of fused-ring (bicyclic) bond motifs is 1. The Labute approximate surface area is 306 Å². The average Bonchev–Trinajstić information content (AvgIpc) is 3.78. The maximum atomic E-state index is 14.0. The summed E-state index contributed by atoms with van der Waals surface area (Å²) < 4.78 is 15.9. The van der Waals surface area contributed by atoms with E-state index in [-0.39, 0.29) is 28.1 Å². The molecule has 2 aromatic heterocycles. The predicted octanol–water partition coefficient (Wildman–Crippen LogP) is 8.65. The molecule has 0 saturated carbocycles. The van der Waals surface area contributed by atoms with Crippen LogP contribution in [0.1, 0.15) is 75.4 Å². The molecule has 4 heterocycles. The van der Waals surface area contributed by atoms with Gasteiger partial charge in [0.15, 0.2) is 0 Å². The zero-order chi connectivity index (χ0) is 35.9. The number of carbonyl (C=O) groups excluding carboxylic acids is 1. The van der Waals surface area contributed by atoms with Crippen molar-refractivity contribution in [1.29, 1.82) is 5.26 Å². The largest absolute Gasteiger partial charge is 0.373 e. The zero-order valence-corrected chi connectivity index (χ0v) is 30.1. The fourth-order valence-electron chi connectivity index (χ4n) is 6.97. The first-order valence-corrected chi connectivity index (χ1v) is 17.8. The van der Waals surface area contributed by atoms with Crippen LogP contribution in [-0.2, 0) is 4.79 Å². The molecule has 2 aliphatic rings. The van der Waals surface area contributed by atoms with Crippen molar-refractivity contribution in [3.8, 4) is 6.07 Å². The summed E-state index contributed by atoms with van der Waals surface area (Å²) in [5.74, 6) is -0.442. The molecule has 262 valence electrons. The van der Waals surface area contributed by atoms with E-state index in [1.165, 1.54) is 18.3 Å². The van der Waals surface area contributed by atoms with Gasteiger partial charge >= 0.3 is 0 Å². The molecular formula is C38H38Cl2FN9O. The Morgan fingerprint density at radius 1 is 1.02 bits per heavy atom. The third-order valence-electron chi connectivity index (χ3n) is 9.74. The van der Waals surface area contributed by atoms with Gasteiger partial charge in [-0.05, 0) is 88.1 Å². The van der Waals surface area contributed by atoms with Crippen LogP contribution in [0.3, 0.4) is 0 Å². The highest BCUT2D eigenvalue weighted by molar-refractivity contribution is 6.36. The van der Waals surface area contributed by atoms with E-state index in [0.717, 1.165) is 43.6 Å². The van der Waals surface area contributed by atoms with Crippen LogP contribution >= 0.6 is 23.2 Å². The first-order valence-electron chi connectivity index (χ1n) is 17.1. The normalized spacial score (nSPS) is 16.4. The third-order valence-corrected chi connectivity index (χ3v) is 10.3. The Balaban J connectivity index is 1.27. The maximum absolute atomic E-state index is 14.0. The lowest BCUT2D eigenvalue weighted by atomic mass is 9.98. The Morgan fingerprint density at radius 2 is 1.80 bits per heavy atom. The number of aromatic nitrogens is 4. The number of pyridine rings is 1. The van der Waals surface area contributed by atoms with Gasteiger partial charge in [-0.1, -0.05) is 40.5 Å². The van der Waals surface area contributed by atoms with Crippen molar-refractivity contribution in [2.75, 3.05) is 35.2 Å². The number of likely N-dealkylation sites (tertiary alicyclic amines) is 1. The molecule has 2 saturated heterocycles. The number of anilines is 4. The van der Waals surface area contributed by atoms with E-state index in [1.807, 2.05) is 46.1 Å². The molecule has 7 rings (SSSR count). The standard InChI is InChI=1S/C38H38Cl2FN9O/c1-38(2,3)48-14-11-27(12-15-48)50-22-33(46-47-50)36(23-6-4-7-28(16-23)49-13-5-8-34(49)51)45-26-17-29-35(44-25-9-10-32(41)30(39)18-25)24(20-42)21-43-37(29)31(40)19-26/h4,6-7,9-10,16-19,21-22,27,36,45H,5,8,11-15H2,1-3H3,(H,43,44). The lowest BCUT2D eigenvalue weighted by molar-refractivity contribution is -0.117. The third kappa shape index (κ3) is 7.22. The fraction of sp³-hybridized carbons (Fsp3) is 0.342. The molecule has 0 spiro atoms. The van der Waals surface area contributed by atoms with Gasteiger partial charge in [0.05, 0.1) is 45.1 Å². The van der Waals surface area contributed by atoms with Crippen molar-refractivity contribution in [2.24, 2.45) is 0 Å². The van der Waals surface area contributed by atoms with Crippen molar-refractivity contribution in [3.63, 3.8) is 0 Å². The number of hydrogen-bond acceptors (Lipinski definition) is 8. The van der Waals surface area contributed by atoms with Crippen molar-refractivity contribution in [1.82, 2.24) is 24.9 Å². The summed E-state index contributed by atoms with van der Waals surface area (Å²) in [7, 11) is 0. The molecule has 51 heavy (non-hydrogen) atoms. The molecule has 2 aliphatic heterocycles. The molecule has 1 atom stereocenters. The maximum Gasteiger partial charge on any atom is 0.227 e. The van der Waals surface area contributed by atoms with Gasteiger partial charge < -0.3 is 15.5 Å². The van der Waals surface area contributed by atoms with Gasteiger partial charge in [0.2, 0.25) is 5.91 Å². The predicted molar refractivity (Wildman–Crippen MR) is 199 cm³/mol. The van der Waals surface area contributed by atoms with E-state index in [1.54, 1.807) is 12.1 Å². The van der Waals surface area contributed by atoms with E-state index in [4.69, 9.17) is 23.2 Å². The molecule has 0 bridgehead atoms. The number of nitrogens with zero attached hydrogens (tertiary/aromatic N) is 7. The number of hydrogen-bond donors (Lipinski definition) is 2. The highest BCUT2D eigenvalue weighted by atomic mass is 35.5. The summed E-state index contributed by atoms with van der Waals surface area (Å²) in [4.78, 5) is 21.5. The van der Waals surface area contributed by atoms with E-state index in [9.17, 15) is 14.4 Å². The minimum absolute atomic E-state index is 0.0502. The number of carbonyl (C=O) groups is 1. The Bertz CT molecular complexity index is 2150. The topological polar surface area (TPSA) is 115 Å². The number of benzene rings is 3. The van der Waals surface area contributed by atoms with Crippen LogP contribution in [0.5, 0.6) is 0 Å². The van der Waals surface area contributed by atoms with Crippen LogP contribution in [0.15, 0.2) is 67.0 Å². The molecule has 13 heteroatoms. The smallest absolute Gasteiger partial charge is 0.227 e. The van der Waals surface area contributed by atoms with Crippen LogP contribution in [0.4, 0.5) is 27.1 Å². The molecule has 10 nitrogen and oxygen atoms in total. The van der Waals surface area contributed by atoms with E-state index in [0.29, 0.717) is 51.6 Å². The lowest BCUT2D eigenvalue weighted by Crippen LogP contribution is -2.46. The number of halogens is 3. The monoisotopic (exact) mass is 725 g/mol. The van der Waals surface area contributed by atoms with E-state index in [2.05, 4.69) is 57.7 Å². The molecular weight excluding hydrogens is 688 g/mol. The summed E-state index contributed by atoms with van der Waals surface area (Å²) in [6.07, 6.45) is 6.74. The minimum Gasteiger partial charge on any atom is -0.373 e. The molecule has 1 amide bonds. The zero-order valence-electron chi connectivity index (χ0n) is 28.6. The highest BCUT2D eigenvalue weighted by Gasteiger charge is 2.30. The van der Waals surface area contributed by atoms with Gasteiger partial charge in [0, 0.05) is 60.2 Å². The van der Waals surface area contributed by atoms with Crippen LogP contribution in [0.25, 0.3) is 10.9 Å². The van der Waals surface area contributed by atoms with Gasteiger partial charge in [-0.15, -0.1) is 5.10 Å². The van der Waals surface area contributed by atoms with Crippen molar-refractivity contribution >= 4 is 62.8 Å². The van der Waals surface area contributed by atoms with E-state index >= 15 is 0 Å². The lowest BCUT2D eigenvalue weighted by Gasteiger charge is -2.40. The Morgan fingerprint density at radius 3 is 2.51 bits per heavy atom. The van der Waals surface area contributed by atoms with Crippen molar-refractivity contribution < 1.29 is 9.18 Å². The summed E-state index contributed by atoms with van der Waals surface area (Å²) >= 11 is 12.9. The number of piperidine rings is 1. The van der Waals surface area contributed by atoms with Crippen LogP contribution < -0.4 is 15.5 Å². The van der Waals surface area contributed by atoms with Crippen molar-refractivity contribution in [3.05, 3.63) is 99.7 Å². The second-order valence-electron chi connectivity index (χ2n) is 14.1. The van der Waals surface area contributed by atoms with Crippen LogP contribution in [0.2, 0.25) is 10.0 Å². The number of amides is 1. The second-order valence-corrected chi connectivity index (χ2v) is 14.9.